The number of H-pyrrole nitrogens is 1. The van der Waals surface area contributed by atoms with E-state index in [-0.39, 0.29) is 0 Å². The first-order valence-corrected chi connectivity index (χ1v) is 25.8. The molecule has 5 heteroatoms. The van der Waals surface area contributed by atoms with Crippen LogP contribution in [0, 0.1) is 0 Å². The molecule has 324 valence electrons. The van der Waals surface area contributed by atoms with E-state index in [4.69, 9.17) is 0 Å². The second kappa shape index (κ2) is 16.2. The summed E-state index contributed by atoms with van der Waals surface area (Å²) in [6.07, 6.45) is 0. The van der Waals surface area contributed by atoms with Crippen molar-refractivity contribution < 1.29 is 0 Å². The molecule has 16 aromatic rings. The van der Waals surface area contributed by atoms with Gasteiger partial charge in [0.05, 0.1) is 11.0 Å². The van der Waals surface area contributed by atoms with E-state index < -0.39 is 0 Å². The first-order valence-electron chi connectivity index (χ1n) is 23.2. The average Bonchev–Trinajstić information content (AvgIpc) is 4.23. The predicted octanol–water partition coefficient (Wildman–Crippen LogP) is 19.9. The Bertz CT molecular complexity index is 4630. The van der Waals surface area contributed by atoms with Crippen molar-refractivity contribution in [1.82, 2.24) is 9.55 Å². The van der Waals surface area contributed by atoms with Crippen molar-refractivity contribution in [3.8, 4) is 5.69 Å². The molecule has 12 aromatic carbocycles. The number of nitrogens with one attached hydrogen (secondary N) is 1. The van der Waals surface area contributed by atoms with Crippen molar-refractivity contribution in [3.05, 3.63) is 234 Å². The summed E-state index contributed by atoms with van der Waals surface area (Å²) in [7, 11) is 0. The van der Waals surface area contributed by atoms with Gasteiger partial charge in [0.1, 0.15) is 0 Å². The van der Waals surface area contributed by atoms with Gasteiger partial charge in [-0.15, -0.1) is 22.7 Å². The van der Waals surface area contributed by atoms with Gasteiger partial charge in [-0.25, -0.2) is 0 Å². The topological polar surface area (TPSA) is 20.7 Å². The van der Waals surface area contributed by atoms with Gasteiger partial charge in [-0.2, -0.15) is 0 Å². The van der Waals surface area contributed by atoms with Crippen LogP contribution in [0.4, 0.5) is 0 Å². The van der Waals surface area contributed by atoms with Crippen LogP contribution in [-0.2, 0) is 0 Å². The van der Waals surface area contributed by atoms with Gasteiger partial charge in [0.25, 0.3) is 0 Å². The van der Waals surface area contributed by atoms with E-state index in [9.17, 15) is 0 Å². The fourth-order valence-electron chi connectivity index (χ4n) is 11.0. The summed E-state index contributed by atoms with van der Waals surface area (Å²) in [4.78, 5) is 3.47. The third-order valence-electron chi connectivity index (χ3n) is 14.0. The molecule has 2 nitrogen and oxygen atoms in total. The monoisotopic (exact) mass is 978 g/mol. The van der Waals surface area contributed by atoms with Gasteiger partial charge in [-0.05, 0) is 147 Å². The van der Waals surface area contributed by atoms with Gasteiger partial charge in [0.15, 0.2) is 0 Å². The minimum atomic E-state index is 1.13. The lowest BCUT2D eigenvalue weighted by molar-refractivity contribution is 1.19. The molecule has 4 heterocycles. The molecule has 1 N–H and O–H groups in total. The van der Waals surface area contributed by atoms with Crippen LogP contribution in [0.3, 0.4) is 0 Å². The third-order valence-corrected chi connectivity index (χ3v) is 16.4. The molecule has 0 bridgehead atoms. The van der Waals surface area contributed by atoms with E-state index in [1.165, 1.54) is 134 Å². The molecule has 0 fully saturated rings. The Morgan fingerprint density at radius 2 is 0.768 bits per heavy atom. The molecule has 0 saturated carbocycles. The molecule has 16 rings (SSSR count). The van der Waals surface area contributed by atoms with Crippen LogP contribution < -0.4 is 0 Å². The van der Waals surface area contributed by atoms with Crippen LogP contribution in [0.2, 0.25) is 0 Å². The van der Waals surface area contributed by atoms with E-state index in [1.54, 1.807) is 0 Å². The maximum atomic E-state index is 3.58. The molecule has 0 amide bonds. The van der Waals surface area contributed by atoms with E-state index in [0.29, 0.717) is 0 Å². The standard InChI is InChI=1S/C32H19NS.C18H11Br.C14H9NS/c1-2-9-24-22(7-1)23-8-3-4-10-25(23)28-19-21(14-15-26(24)28)33-29-12-6-5-11-27(29)31-30(33)16-13-20-17-18-34-32(20)31;19-12-9-10-17-15-7-2-1-5-13(15)14-6-3-4-8-16(14)18(17)11-12;1-2-4-11-10(3-1)13-12(15-11)6-5-9-7-8-16-14(9)13/h1-19H;1-11H;1-8,15H. The molecule has 69 heavy (non-hydrogen) atoms. The minimum absolute atomic E-state index is 1.13. The summed E-state index contributed by atoms with van der Waals surface area (Å²) < 4.78 is 6.31. The van der Waals surface area contributed by atoms with E-state index in [2.05, 4.69) is 255 Å². The summed E-state index contributed by atoms with van der Waals surface area (Å²) in [5, 5.41) is 28.1. The molecule has 0 aliphatic heterocycles. The molecule has 0 saturated heterocycles. The Hall–Kier alpha value is -7.80. The number of hydrogen-bond donors (Lipinski definition) is 1. The average molecular weight is 980 g/mol. The fourth-order valence-corrected chi connectivity index (χ4v) is 13.3. The Balaban J connectivity index is 0.000000108. The van der Waals surface area contributed by atoms with Gasteiger partial charge in [0.2, 0.25) is 0 Å². The van der Waals surface area contributed by atoms with Gasteiger partial charge in [-0.3, -0.25) is 0 Å². The second-order valence-corrected chi connectivity index (χ2v) is 20.5. The molecule has 4 aromatic heterocycles. The molecule has 0 atom stereocenters. The van der Waals surface area contributed by atoms with Crippen LogP contribution in [0.5, 0.6) is 0 Å². The SMILES string of the molecule is Brc1ccc2c3ccccc3c3ccccc3c2c1.c1ccc2c(c1)[nH]c1ccc3ccsc3c12.c1ccc2c(c1)c1ccccc1c1cc(-n3c4ccccc4c4c5sccc5ccc43)ccc21. The van der Waals surface area contributed by atoms with Crippen molar-refractivity contribution >= 4 is 167 Å². The van der Waals surface area contributed by atoms with E-state index >= 15 is 0 Å². The van der Waals surface area contributed by atoms with Gasteiger partial charge in [0, 0.05) is 52.1 Å². The lowest BCUT2D eigenvalue weighted by Crippen LogP contribution is -1.94. The van der Waals surface area contributed by atoms with Gasteiger partial charge < -0.3 is 9.55 Å². The zero-order valence-corrected chi connectivity index (χ0v) is 40.3. The van der Waals surface area contributed by atoms with E-state index in [0.717, 1.165) is 4.47 Å². The largest absolute Gasteiger partial charge is 0.354 e. The van der Waals surface area contributed by atoms with Crippen molar-refractivity contribution in [1.29, 1.82) is 0 Å². The summed E-state index contributed by atoms with van der Waals surface area (Å²) in [5.74, 6) is 0. The number of fused-ring (bicyclic) bond motifs is 22. The van der Waals surface area contributed by atoms with Crippen LogP contribution in [0.25, 0.3) is 134 Å². The first kappa shape index (κ1) is 40.3. The lowest BCUT2D eigenvalue weighted by atomic mass is 9.94. The first-order chi connectivity index (χ1) is 34.2. The smallest absolute Gasteiger partial charge is 0.0555 e. The van der Waals surface area contributed by atoms with Crippen molar-refractivity contribution in [2.75, 3.05) is 0 Å². The molecule has 0 aliphatic carbocycles. The van der Waals surface area contributed by atoms with Crippen molar-refractivity contribution in [3.63, 3.8) is 0 Å². The Kier molecular flexibility index (Phi) is 9.44. The van der Waals surface area contributed by atoms with Gasteiger partial charge >= 0.3 is 0 Å². The molecule has 0 aliphatic rings. The minimum Gasteiger partial charge on any atom is -0.354 e. The summed E-state index contributed by atoms with van der Waals surface area (Å²) in [6, 6.07) is 78.9. The Morgan fingerprint density at radius 1 is 0.319 bits per heavy atom. The fraction of sp³-hybridized carbons (Fsp3) is 0. The van der Waals surface area contributed by atoms with Crippen LogP contribution >= 0.6 is 38.6 Å². The van der Waals surface area contributed by atoms with Crippen LogP contribution in [0.15, 0.2) is 234 Å². The van der Waals surface area contributed by atoms with Crippen LogP contribution in [-0.4, -0.2) is 9.55 Å². The lowest BCUT2D eigenvalue weighted by Gasteiger charge is -2.13. The number of aromatic nitrogens is 2. The summed E-state index contributed by atoms with van der Waals surface area (Å²) in [6.45, 7) is 0. The zero-order chi connectivity index (χ0) is 45.6. The molecule has 0 unspecified atom stereocenters. The van der Waals surface area contributed by atoms with Crippen LogP contribution in [0.1, 0.15) is 0 Å². The molecular formula is C64H39BrN2S2. The Labute approximate surface area is 413 Å². The maximum Gasteiger partial charge on any atom is 0.0555 e. The van der Waals surface area contributed by atoms with Crippen molar-refractivity contribution in [2.45, 2.75) is 0 Å². The second-order valence-electron chi connectivity index (χ2n) is 17.8. The third kappa shape index (κ3) is 6.42. The normalized spacial score (nSPS) is 11.8. The highest BCUT2D eigenvalue weighted by molar-refractivity contribution is 9.10. The summed E-state index contributed by atoms with van der Waals surface area (Å²) >= 11 is 7.23. The Morgan fingerprint density at radius 3 is 1.36 bits per heavy atom. The number of hydrogen-bond acceptors (Lipinski definition) is 2. The number of thiophene rings is 2. The molecule has 0 radical (unpaired) electrons. The highest BCUT2D eigenvalue weighted by Crippen LogP contribution is 2.42. The number of nitrogens with zero attached hydrogens (tertiary/aromatic N) is 1. The van der Waals surface area contributed by atoms with Crippen molar-refractivity contribution in [2.24, 2.45) is 0 Å². The highest BCUT2D eigenvalue weighted by Gasteiger charge is 2.17. The number of halogens is 1. The maximum absolute atomic E-state index is 3.58. The summed E-state index contributed by atoms with van der Waals surface area (Å²) in [5.41, 5.74) is 6.17. The molecule has 0 spiro atoms. The number of aromatic amines is 1. The number of rotatable bonds is 1. The molecular weight excluding hydrogens is 941 g/mol. The number of para-hydroxylation sites is 2. The zero-order valence-electron chi connectivity index (χ0n) is 37.1. The van der Waals surface area contributed by atoms with E-state index in [1.807, 2.05) is 22.7 Å². The highest BCUT2D eigenvalue weighted by atomic mass is 79.9. The number of benzene rings is 12. The quantitative estimate of drug-likeness (QED) is 0.158. The predicted molar refractivity (Wildman–Crippen MR) is 307 cm³/mol. The van der Waals surface area contributed by atoms with Gasteiger partial charge in [-0.1, -0.05) is 174 Å².